The summed E-state index contributed by atoms with van der Waals surface area (Å²) in [6.07, 6.45) is -0.718. The van der Waals surface area contributed by atoms with Crippen LogP contribution in [-0.4, -0.2) is 15.3 Å². The Labute approximate surface area is 70.9 Å². The first-order chi connectivity index (χ1) is 5.54. The van der Waals surface area contributed by atoms with Crippen molar-refractivity contribution in [2.24, 2.45) is 0 Å². The molecule has 0 amide bonds. The number of phenols is 2. The number of hydrogen-bond donors (Lipinski definition) is 3. The minimum absolute atomic E-state index is 0.0370. The number of benzene rings is 1. The molecular weight excluding hydrogens is 156 g/mol. The van der Waals surface area contributed by atoms with Gasteiger partial charge in [0.15, 0.2) is 0 Å². The van der Waals surface area contributed by atoms with Gasteiger partial charge in [0.25, 0.3) is 0 Å². The van der Waals surface area contributed by atoms with Crippen molar-refractivity contribution in [3.63, 3.8) is 0 Å². The van der Waals surface area contributed by atoms with Gasteiger partial charge in [-0.15, -0.1) is 0 Å². The monoisotopic (exact) mass is 168 g/mol. The average molecular weight is 168 g/mol. The van der Waals surface area contributed by atoms with Crippen LogP contribution in [0.25, 0.3) is 0 Å². The molecule has 1 aromatic carbocycles. The van der Waals surface area contributed by atoms with Gasteiger partial charge in [-0.3, -0.25) is 0 Å². The summed E-state index contributed by atoms with van der Waals surface area (Å²) in [7, 11) is 0. The molecule has 3 nitrogen and oxygen atoms in total. The van der Waals surface area contributed by atoms with Crippen molar-refractivity contribution in [1.82, 2.24) is 0 Å². The summed E-state index contributed by atoms with van der Waals surface area (Å²) < 4.78 is 0. The molecule has 3 heteroatoms. The van der Waals surface area contributed by atoms with Crippen LogP contribution in [0.15, 0.2) is 12.1 Å². The SMILES string of the molecule is Cc1c(O)ccc(C(C)O)c1O. The molecular formula is C9H12O3. The van der Waals surface area contributed by atoms with Crippen molar-refractivity contribution < 1.29 is 15.3 Å². The van der Waals surface area contributed by atoms with Gasteiger partial charge < -0.3 is 15.3 Å². The second-order valence-corrected chi connectivity index (χ2v) is 2.82. The zero-order valence-electron chi connectivity index (χ0n) is 7.07. The first-order valence-electron chi connectivity index (χ1n) is 3.73. The maximum atomic E-state index is 9.43. The molecule has 66 valence electrons. The van der Waals surface area contributed by atoms with Crippen LogP contribution in [0, 0.1) is 6.92 Å². The Bertz CT molecular complexity index is 292. The first kappa shape index (κ1) is 8.87. The highest BCUT2D eigenvalue weighted by atomic mass is 16.3. The van der Waals surface area contributed by atoms with Crippen molar-refractivity contribution in [1.29, 1.82) is 0 Å². The Morgan fingerprint density at radius 1 is 1.25 bits per heavy atom. The van der Waals surface area contributed by atoms with Crippen LogP contribution in [0.3, 0.4) is 0 Å². The summed E-state index contributed by atoms with van der Waals surface area (Å²) in [6, 6.07) is 2.96. The average Bonchev–Trinajstić information content (AvgIpc) is 2.00. The van der Waals surface area contributed by atoms with Crippen LogP contribution in [0.2, 0.25) is 0 Å². The van der Waals surface area contributed by atoms with E-state index < -0.39 is 6.10 Å². The predicted octanol–water partition coefficient (Wildman–Crippen LogP) is 1.46. The van der Waals surface area contributed by atoms with E-state index in [0.29, 0.717) is 11.1 Å². The topological polar surface area (TPSA) is 60.7 Å². The fourth-order valence-electron chi connectivity index (χ4n) is 1.05. The van der Waals surface area contributed by atoms with Gasteiger partial charge in [0.05, 0.1) is 6.10 Å². The number of phenolic OH excluding ortho intramolecular Hbond substituents is 2. The third-order valence-corrected chi connectivity index (χ3v) is 1.88. The molecule has 12 heavy (non-hydrogen) atoms. The normalized spacial score (nSPS) is 12.9. The van der Waals surface area contributed by atoms with E-state index in [1.54, 1.807) is 13.8 Å². The fraction of sp³-hybridized carbons (Fsp3) is 0.333. The van der Waals surface area contributed by atoms with Crippen molar-refractivity contribution >= 4 is 0 Å². The van der Waals surface area contributed by atoms with E-state index >= 15 is 0 Å². The number of aliphatic hydroxyl groups is 1. The standard InChI is InChI=1S/C9H12O3/c1-5-8(11)4-3-7(6(2)10)9(5)12/h3-4,6,10-12H,1-2H3. The predicted molar refractivity (Wildman–Crippen MR) is 45.1 cm³/mol. The molecule has 1 rings (SSSR count). The fourth-order valence-corrected chi connectivity index (χ4v) is 1.05. The molecule has 0 spiro atoms. The van der Waals surface area contributed by atoms with Crippen LogP contribution in [0.5, 0.6) is 11.5 Å². The Morgan fingerprint density at radius 3 is 2.33 bits per heavy atom. The molecule has 0 aliphatic rings. The van der Waals surface area contributed by atoms with Gasteiger partial charge in [0.1, 0.15) is 11.5 Å². The van der Waals surface area contributed by atoms with E-state index in [-0.39, 0.29) is 11.5 Å². The van der Waals surface area contributed by atoms with Gasteiger partial charge in [-0.25, -0.2) is 0 Å². The van der Waals surface area contributed by atoms with Crippen LogP contribution in [0.4, 0.5) is 0 Å². The highest BCUT2D eigenvalue weighted by molar-refractivity contribution is 5.48. The van der Waals surface area contributed by atoms with E-state index in [4.69, 9.17) is 5.11 Å². The van der Waals surface area contributed by atoms with Crippen LogP contribution in [0.1, 0.15) is 24.2 Å². The molecule has 0 saturated heterocycles. The van der Waals surface area contributed by atoms with Crippen LogP contribution in [-0.2, 0) is 0 Å². The number of hydrogen-bond acceptors (Lipinski definition) is 3. The molecule has 0 bridgehead atoms. The maximum absolute atomic E-state index is 9.43. The van der Waals surface area contributed by atoms with E-state index in [1.165, 1.54) is 12.1 Å². The minimum atomic E-state index is -0.718. The van der Waals surface area contributed by atoms with Crippen molar-refractivity contribution in [2.75, 3.05) is 0 Å². The molecule has 1 unspecified atom stereocenters. The smallest absolute Gasteiger partial charge is 0.127 e. The molecule has 0 heterocycles. The third-order valence-electron chi connectivity index (χ3n) is 1.88. The summed E-state index contributed by atoms with van der Waals surface area (Å²) in [4.78, 5) is 0. The quantitative estimate of drug-likeness (QED) is 0.595. The van der Waals surface area contributed by atoms with Crippen LogP contribution >= 0.6 is 0 Å². The van der Waals surface area contributed by atoms with Crippen LogP contribution < -0.4 is 0 Å². The highest BCUT2D eigenvalue weighted by Crippen LogP contribution is 2.32. The van der Waals surface area contributed by atoms with Crippen molar-refractivity contribution in [2.45, 2.75) is 20.0 Å². The van der Waals surface area contributed by atoms with Crippen molar-refractivity contribution in [3.8, 4) is 11.5 Å². The molecule has 0 aliphatic carbocycles. The van der Waals surface area contributed by atoms with Gasteiger partial charge in [-0.2, -0.15) is 0 Å². The van der Waals surface area contributed by atoms with Crippen molar-refractivity contribution in [3.05, 3.63) is 23.3 Å². The third kappa shape index (κ3) is 1.36. The van der Waals surface area contributed by atoms with E-state index in [0.717, 1.165) is 0 Å². The number of aliphatic hydroxyl groups excluding tert-OH is 1. The van der Waals surface area contributed by atoms with Gasteiger partial charge >= 0.3 is 0 Å². The molecule has 3 N–H and O–H groups in total. The molecule has 0 aromatic heterocycles. The Morgan fingerprint density at radius 2 is 1.83 bits per heavy atom. The largest absolute Gasteiger partial charge is 0.508 e. The van der Waals surface area contributed by atoms with E-state index in [1.807, 2.05) is 0 Å². The number of aromatic hydroxyl groups is 2. The Balaban J connectivity index is 3.27. The molecule has 1 atom stereocenters. The van der Waals surface area contributed by atoms with E-state index in [9.17, 15) is 10.2 Å². The highest BCUT2D eigenvalue weighted by Gasteiger charge is 2.11. The zero-order valence-corrected chi connectivity index (χ0v) is 7.07. The van der Waals surface area contributed by atoms with Gasteiger partial charge in [0, 0.05) is 11.1 Å². The van der Waals surface area contributed by atoms with Gasteiger partial charge in [-0.1, -0.05) is 0 Å². The molecule has 1 aromatic rings. The molecule has 0 fully saturated rings. The lowest BCUT2D eigenvalue weighted by atomic mass is 10.1. The Hall–Kier alpha value is -1.22. The Kier molecular flexibility index (Phi) is 2.24. The maximum Gasteiger partial charge on any atom is 0.127 e. The summed E-state index contributed by atoms with van der Waals surface area (Å²) in [5.41, 5.74) is 0.832. The first-order valence-corrected chi connectivity index (χ1v) is 3.73. The number of rotatable bonds is 1. The second kappa shape index (κ2) is 3.03. The lowest BCUT2D eigenvalue weighted by Crippen LogP contribution is -1.92. The summed E-state index contributed by atoms with van der Waals surface area (Å²) in [6.45, 7) is 3.15. The van der Waals surface area contributed by atoms with Gasteiger partial charge in [-0.05, 0) is 26.0 Å². The summed E-state index contributed by atoms with van der Waals surface area (Å²) >= 11 is 0. The molecule has 0 aliphatic heterocycles. The lowest BCUT2D eigenvalue weighted by Gasteiger charge is -2.10. The minimum Gasteiger partial charge on any atom is -0.508 e. The van der Waals surface area contributed by atoms with E-state index in [2.05, 4.69) is 0 Å². The summed E-state index contributed by atoms with van der Waals surface area (Å²) in [5, 5.41) is 27.8. The lowest BCUT2D eigenvalue weighted by molar-refractivity contribution is 0.194. The summed E-state index contributed by atoms with van der Waals surface area (Å²) in [5.74, 6) is 0.00176. The molecule has 0 radical (unpaired) electrons. The second-order valence-electron chi connectivity index (χ2n) is 2.82. The van der Waals surface area contributed by atoms with Gasteiger partial charge in [0.2, 0.25) is 0 Å². The zero-order chi connectivity index (χ0) is 9.30. The molecule has 0 saturated carbocycles.